The van der Waals surface area contributed by atoms with E-state index in [1.165, 1.54) is 23.5 Å². The van der Waals surface area contributed by atoms with Crippen molar-refractivity contribution < 1.29 is 18.3 Å². The third-order valence-corrected chi connectivity index (χ3v) is 4.94. The molecule has 1 rings (SSSR count). The Bertz CT molecular complexity index is 613. The number of carbonyl (C=O) groups is 1. The van der Waals surface area contributed by atoms with Gasteiger partial charge in [0.15, 0.2) is 0 Å². The van der Waals surface area contributed by atoms with E-state index in [0.29, 0.717) is 19.4 Å². The topological polar surface area (TPSA) is 74.7 Å². The smallest absolute Gasteiger partial charge is 0.337 e. The minimum absolute atomic E-state index is 0.00533. The third-order valence-electron chi connectivity index (χ3n) is 2.76. The summed E-state index contributed by atoms with van der Waals surface area (Å²) < 4.78 is 25.7. The number of halogens is 1. The Labute approximate surface area is 123 Å². The third kappa shape index (κ3) is 3.82. The van der Waals surface area contributed by atoms with Gasteiger partial charge in [0, 0.05) is 13.6 Å². The number of carboxylic acid groups (broad SMARTS) is 1. The first-order valence-corrected chi connectivity index (χ1v) is 7.72. The number of allylic oxidation sites excluding steroid dienone is 1. The van der Waals surface area contributed by atoms with Crippen molar-refractivity contribution in [2.24, 2.45) is 0 Å². The maximum Gasteiger partial charge on any atom is 0.337 e. The predicted octanol–water partition coefficient (Wildman–Crippen LogP) is 2.62. The molecule has 1 aromatic carbocycles. The van der Waals surface area contributed by atoms with E-state index in [1.807, 2.05) is 0 Å². The van der Waals surface area contributed by atoms with E-state index < -0.39 is 16.0 Å². The van der Waals surface area contributed by atoms with Crippen molar-refractivity contribution in [3.8, 4) is 0 Å². The van der Waals surface area contributed by atoms with Crippen molar-refractivity contribution in [2.75, 3.05) is 13.6 Å². The lowest BCUT2D eigenvalue weighted by atomic mass is 10.2. The average molecular weight is 318 g/mol. The highest BCUT2D eigenvalue weighted by atomic mass is 35.5. The zero-order valence-electron chi connectivity index (χ0n) is 11.0. The number of sulfonamides is 1. The van der Waals surface area contributed by atoms with E-state index in [2.05, 4.69) is 6.58 Å². The standard InChI is InChI=1S/C13H16ClNO4S/c1-3-4-5-8-15(2)20(18,19)10-6-7-12(14)11(9-10)13(16)17/h3,6-7,9H,1,4-5,8H2,2H3,(H,16,17). The summed E-state index contributed by atoms with van der Waals surface area (Å²) in [5.41, 5.74) is -0.229. The fourth-order valence-electron chi connectivity index (χ4n) is 1.59. The van der Waals surface area contributed by atoms with Crippen molar-refractivity contribution in [3.05, 3.63) is 41.4 Å². The van der Waals surface area contributed by atoms with Crippen LogP contribution in [-0.4, -0.2) is 37.4 Å². The minimum Gasteiger partial charge on any atom is -0.478 e. The summed E-state index contributed by atoms with van der Waals surface area (Å²) in [6, 6.07) is 3.65. The highest BCUT2D eigenvalue weighted by molar-refractivity contribution is 7.89. The van der Waals surface area contributed by atoms with Crippen LogP contribution in [0.5, 0.6) is 0 Å². The zero-order valence-corrected chi connectivity index (χ0v) is 12.6. The van der Waals surface area contributed by atoms with E-state index in [-0.39, 0.29) is 15.5 Å². The molecule has 5 nitrogen and oxygen atoms in total. The Morgan fingerprint density at radius 2 is 2.15 bits per heavy atom. The summed E-state index contributed by atoms with van der Waals surface area (Å²) in [6.07, 6.45) is 3.07. The van der Waals surface area contributed by atoms with E-state index in [0.717, 1.165) is 6.07 Å². The molecule has 0 aliphatic carbocycles. The molecular weight excluding hydrogens is 302 g/mol. The molecule has 0 radical (unpaired) electrons. The van der Waals surface area contributed by atoms with Gasteiger partial charge in [0.25, 0.3) is 0 Å². The Balaban J connectivity index is 3.06. The van der Waals surface area contributed by atoms with Crippen LogP contribution in [0.1, 0.15) is 23.2 Å². The molecule has 0 aromatic heterocycles. The quantitative estimate of drug-likeness (QED) is 0.619. The second-order valence-electron chi connectivity index (χ2n) is 4.20. The lowest BCUT2D eigenvalue weighted by Crippen LogP contribution is -2.28. The monoisotopic (exact) mass is 317 g/mol. The number of nitrogens with zero attached hydrogens (tertiary/aromatic N) is 1. The molecule has 1 N–H and O–H groups in total. The van der Waals surface area contributed by atoms with Crippen LogP contribution in [0, 0.1) is 0 Å². The SMILES string of the molecule is C=CCCCN(C)S(=O)(=O)c1ccc(Cl)c(C(=O)O)c1. The normalized spacial score (nSPS) is 11.6. The zero-order chi connectivity index (χ0) is 15.3. The molecule has 0 spiro atoms. The molecule has 1 aromatic rings. The minimum atomic E-state index is -3.72. The number of unbranched alkanes of at least 4 members (excludes halogenated alkanes) is 1. The van der Waals surface area contributed by atoms with Gasteiger partial charge >= 0.3 is 5.97 Å². The highest BCUT2D eigenvalue weighted by Crippen LogP contribution is 2.22. The van der Waals surface area contributed by atoms with Gasteiger partial charge in [-0.05, 0) is 31.0 Å². The lowest BCUT2D eigenvalue weighted by Gasteiger charge is -2.17. The van der Waals surface area contributed by atoms with Crippen molar-refractivity contribution in [2.45, 2.75) is 17.7 Å². The Hall–Kier alpha value is -1.37. The largest absolute Gasteiger partial charge is 0.478 e. The second kappa shape index (κ2) is 6.88. The fourth-order valence-corrected chi connectivity index (χ4v) is 3.02. The lowest BCUT2D eigenvalue weighted by molar-refractivity contribution is 0.0697. The summed E-state index contributed by atoms with van der Waals surface area (Å²) in [7, 11) is -2.26. The van der Waals surface area contributed by atoms with Crippen LogP contribution >= 0.6 is 11.6 Å². The average Bonchev–Trinajstić information content (AvgIpc) is 2.38. The second-order valence-corrected chi connectivity index (χ2v) is 6.66. The molecule has 0 fully saturated rings. The molecule has 0 aliphatic heterocycles. The molecule has 110 valence electrons. The van der Waals surface area contributed by atoms with Crippen molar-refractivity contribution >= 4 is 27.6 Å². The van der Waals surface area contributed by atoms with E-state index in [9.17, 15) is 13.2 Å². The first-order valence-electron chi connectivity index (χ1n) is 5.90. The molecular formula is C13H16ClNO4S. The van der Waals surface area contributed by atoms with Gasteiger partial charge in [0.05, 0.1) is 15.5 Å². The van der Waals surface area contributed by atoms with Crippen molar-refractivity contribution in [1.82, 2.24) is 4.31 Å². The van der Waals surface area contributed by atoms with Gasteiger partial charge in [-0.25, -0.2) is 17.5 Å². The maximum atomic E-state index is 12.3. The molecule has 0 heterocycles. The summed E-state index contributed by atoms with van der Waals surface area (Å²) in [4.78, 5) is 10.9. The van der Waals surface area contributed by atoms with Gasteiger partial charge in [0.2, 0.25) is 10.0 Å². The Kier molecular flexibility index (Phi) is 5.74. The summed E-state index contributed by atoms with van der Waals surface area (Å²) in [6.45, 7) is 3.90. The molecule has 0 saturated carbocycles. The first kappa shape index (κ1) is 16.7. The van der Waals surface area contributed by atoms with Gasteiger partial charge in [-0.2, -0.15) is 0 Å². The van der Waals surface area contributed by atoms with Gasteiger partial charge < -0.3 is 5.11 Å². The number of hydrogen-bond donors (Lipinski definition) is 1. The van der Waals surface area contributed by atoms with Gasteiger partial charge in [-0.3, -0.25) is 0 Å². The van der Waals surface area contributed by atoms with Gasteiger partial charge in [-0.1, -0.05) is 17.7 Å². The van der Waals surface area contributed by atoms with Crippen molar-refractivity contribution in [1.29, 1.82) is 0 Å². The van der Waals surface area contributed by atoms with Crippen LogP contribution in [0.15, 0.2) is 35.7 Å². The molecule has 0 saturated heterocycles. The van der Waals surface area contributed by atoms with Crippen LogP contribution in [0.3, 0.4) is 0 Å². The summed E-state index contributed by atoms with van der Waals surface area (Å²) >= 11 is 5.72. The highest BCUT2D eigenvalue weighted by Gasteiger charge is 2.22. The molecule has 0 amide bonds. The Morgan fingerprint density at radius 3 is 2.70 bits per heavy atom. The number of carboxylic acids is 1. The predicted molar refractivity (Wildman–Crippen MR) is 77.7 cm³/mol. The van der Waals surface area contributed by atoms with E-state index in [1.54, 1.807) is 6.08 Å². The number of hydrogen-bond acceptors (Lipinski definition) is 3. The molecule has 0 aliphatic rings. The fraction of sp³-hybridized carbons (Fsp3) is 0.308. The van der Waals surface area contributed by atoms with Crippen LogP contribution in [0.2, 0.25) is 5.02 Å². The van der Waals surface area contributed by atoms with E-state index in [4.69, 9.17) is 16.7 Å². The van der Waals surface area contributed by atoms with Gasteiger partial charge in [-0.15, -0.1) is 6.58 Å². The van der Waals surface area contributed by atoms with Crippen molar-refractivity contribution in [3.63, 3.8) is 0 Å². The van der Waals surface area contributed by atoms with Crippen LogP contribution in [0.4, 0.5) is 0 Å². The first-order chi connectivity index (χ1) is 9.30. The number of benzene rings is 1. The molecule has 0 atom stereocenters. The van der Waals surface area contributed by atoms with Gasteiger partial charge in [0.1, 0.15) is 0 Å². The summed E-state index contributed by atoms with van der Waals surface area (Å²) in [5.74, 6) is -1.26. The van der Waals surface area contributed by atoms with Crippen LogP contribution in [-0.2, 0) is 10.0 Å². The maximum absolute atomic E-state index is 12.3. The molecule has 0 unspecified atom stereocenters. The number of rotatable bonds is 7. The molecule has 7 heteroatoms. The molecule has 0 bridgehead atoms. The Morgan fingerprint density at radius 1 is 1.50 bits per heavy atom. The number of aromatic carboxylic acids is 1. The molecule has 20 heavy (non-hydrogen) atoms. The van der Waals surface area contributed by atoms with E-state index >= 15 is 0 Å². The van der Waals surface area contributed by atoms with Crippen LogP contribution in [0.25, 0.3) is 0 Å². The summed E-state index contributed by atoms with van der Waals surface area (Å²) in [5, 5.41) is 8.97. The van der Waals surface area contributed by atoms with Crippen LogP contribution < -0.4 is 0 Å².